The summed E-state index contributed by atoms with van der Waals surface area (Å²) in [7, 11) is 0. The summed E-state index contributed by atoms with van der Waals surface area (Å²) < 4.78 is 0. The molecule has 0 spiro atoms. The quantitative estimate of drug-likeness (QED) is 0.865. The van der Waals surface area contributed by atoms with Crippen molar-refractivity contribution in [3.63, 3.8) is 0 Å². The molecule has 2 N–H and O–H groups in total. The minimum atomic E-state index is 0.0398. The summed E-state index contributed by atoms with van der Waals surface area (Å²) in [5.41, 5.74) is 11.8. The molecule has 0 fully saturated rings. The predicted octanol–water partition coefficient (Wildman–Crippen LogP) is 4.15. The lowest BCUT2D eigenvalue weighted by atomic mass is 9.72. The maximum atomic E-state index is 6.20. The van der Waals surface area contributed by atoms with Crippen LogP contribution in [0.2, 0.25) is 0 Å². The van der Waals surface area contributed by atoms with Gasteiger partial charge in [0, 0.05) is 12.0 Å². The highest BCUT2D eigenvalue weighted by molar-refractivity contribution is 5.38. The molecule has 0 bridgehead atoms. The molecule has 0 aliphatic rings. The van der Waals surface area contributed by atoms with Crippen LogP contribution in [0.3, 0.4) is 0 Å². The van der Waals surface area contributed by atoms with Gasteiger partial charge in [0.2, 0.25) is 0 Å². The molecular formula is C19H25N. The summed E-state index contributed by atoms with van der Waals surface area (Å²) >= 11 is 0. The first kappa shape index (κ1) is 14.8. The summed E-state index contributed by atoms with van der Waals surface area (Å²) in [6.45, 7) is 7.32. The average molecular weight is 267 g/mol. The van der Waals surface area contributed by atoms with Gasteiger partial charge in [0.1, 0.15) is 0 Å². The van der Waals surface area contributed by atoms with Gasteiger partial charge < -0.3 is 5.73 Å². The maximum absolute atomic E-state index is 6.20. The zero-order valence-electron chi connectivity index (χ0n) is 12.8. The fourth-order valence-corrected chi connectivity index (χ4v) is 3.02. The molecule has 0 saturated carbocycles. The Morgan fingerprint density at radius 2 is 1.50 bits per heavy atom. The normalized spacial score (nSPS) is 14.0. The topological polar surface area (TPSA) is 26.0 Å². The van der Waals surface area contributed by atoms with Crippen LogP contribution in [0, 0.1) is 13.8 Å². The van der Waals surface area contributed by atoms with E-state index < -0.39 is 0 Å². The standard InChI is InChI=1S/C19H25N/c1-4-19(14-20,17-11-6-5-7-12-17)13-18-15(2)9-8-10-16(18)3/h5-12H,4,13-14,20H2,1-3H3. The Labute approximate surface area is 122 Å². The Bertz CT molecular complexity index is 533. The molecule has 106 valence electrons. The lowest BCUT2D eigenvalue weighted by Crippen LogP contribution is -2.37. The molecule has 20 heavy (non-hydrogen) atoms. The molecule has 1 atom stereocenters. The van der Waals surface area contributed by atoms with Crippen molar-refractivity contribution in [3.8, 4) is 0 Å². The highest BCUT2D eigenvalue weighted by atomic mass is 14.6. The number of benzene rings is 2. The maximum Gasteiger partial charge on any atom is 0.0113 e. The van der Waals surface area contributed by atoms with Gasteiger partial charge in [-0.2, -0.15) is 0 Å². The average Bonchev–Trinajstić information content (AvgIpc) is 2.49. The van der Waals surface area contributed by atoms with Crippen LogP contribution in [0.15, 0.2) is 48.5 Å². The number of nitrogens with two attached hydrogens (primary N) is 1. The fraction of sp³-hybridized carbons (Fsp3) is 0.368. The van der Waals surface area contributed by atoms with Crippen LogP contribution in [0.1, 0.15) is 35.6 Å². The van der Waals surface area contributed by atoms with E-state index in [2.05, 4.69) is 69.3 Å². The molecule has 0 radical (unpaired) electrons. The Morgan fingerprint density at radius 3 is 2.00 bits per heavy atom. The van der Waals surface area contributed by atoms with E-state index in [1.807, 2.05) is 0 Å². The SMILES string of the molecule is CCC(CN)(Cc1c(C)cccc1C)c1ccccc1. The van der Waals surface area contributed by atoms with Gasteiger partial charge in [-0.25, -0.2) is 0 Å². The Morgan fingerprint density at radius 1 is 0.900 bits per heavy atom. The second kappa shape index (κ2) is 6.23. The summed E-state index contributed by atoms with van der Waals surface area (Å²) in [6.07, 6.45) is 2.07. The van der Waals surface area contributed by atoms with Gasteiger partial charge in [-0.3, -0.25) is 0 Å². The van der Waals surface area contributed by atoms with Crippen molar-refractivity contribution in [2.24, 2.45) is 5.73 Å². The van der Waals surface area contributed by atoms with Crippen molar-refractivity contribution in [1.82, 2.24) is 0 Å². The lowest BCUT2D eigenvalue weighted by Gasteiger charge is -2.33. The monoisotopic (exact) mass is 267 g/mol. The zero-order valence-corrected chi connectivity index (χ0v) is 12.8. The number of hydrogen-bond donors (Lipinski definition) is 1. The molecule has 0 aliphatic carbocycles. The minimum Gasteiger partial charge on any atom is -0.330 e. The highest BCUT2D eigenvalue weighted by Gasteiger charge is 2.30. The van der Waals surface area contributed by atoms with E-state index in [1.165, 1.54) is 22.3 Å². The molecular weight excluding hydrogens is 242 g/mol. The van der Waals surface area contributed by atoms with Crippen molar-refractivity contribution in [1.29, 1.82) is 0 Å². The van der Waals surface area contributed by atoms with Crippen molar-refractivity contribution in [2.75, 3.05) is 6.54 Å². The number of aryl methyl sites for hydroxylation is 2. The van der Waals surface area contributed by atoms with E-state index in [9.17, 15) is 0 Å². The molecule has 0 aromatic heterocycles. The van der Waals surface area contributed by atoms with Gasteiger partial charge in [0.05, 0.1) is 0 Å². The third kappa shape index (κ3) is 2.78. The van der Waals surface area contributed by atoms with E-state index in [4.69, 9.17) is 5.73 Å². The van der Waals surface area contributed by atoms with Crippen LogP contribution in [-0.4, -0.2) is 6.54 Å². The molecule has 2 rings (SSSR count). The lowest BCUT2D eigenvalue weighted by molar-refractivity contribution is 0.417. The van der Waals surface area contributed by atoms with E-state index in [0.717, 1.165) is 12.8 Å². The van der Waals surface area contributed by atoms with Crippen LogP contribution >= 0.6 is 0 Å². The number of rotatable bonds is 5. The van der Waals surface area contributed by atoms with Crippen molar-refractivity contribution in [2.45, 2.75) is 39.0 Å². The molecule has 1 heteroatoms. The molecule has 2 aromatic rings. The Balaban J connectivity index is 2.45. The Hall–Kier alpha value is -1.60. The summed E-state index contributed by atoms with van der Waals surface area (Å²) in [6, 6.07) is 17.2. The van der Waals surface area contributed by atoms with Gasteiger partial charge in [-0.05, 0) is 48.9 Å². The van der Waals surface area contributed by atoms with E-state index in [-0.39, 0.29) is 5.41 Å². The number of hydrogen-bond acceptors (Lipinski definition) is 1. The second-order valence-corrected chi connectivity index (χ2v) is 5.75. The Kier molecular flexibility index (Phi) is 4.61. The summed E-state index contributed by atoms with van der Waals surface area (Å²) in [4.78, 5) is 0. The summed E-state index contributed by atoms with van der Waals surface area (Å²) in [5, 5.41) is 0. The largest absolute Gasteiger partial charge is 0.330 e. The van der Waals surface area contributed by atoms with Gasteiger partial charge in [0.25, 0.3) is 0 Å². The molecule has 0 amide bonds. The molecule has 0 saturated heterocycles. The minimum absolute atomic E-state index is 0.0398. The van der Waals surface area contributed by atoms with Crippen LogP contribution in [0.5, 0.6) is 0 Å². The molecule has 2 aromatic carbocycles. The first-order chi connectivity index (χ1) is 9.63. The van der Waals surface area contributed by atoms with Crippen LogP contribution in [0.4, 0.5) is 0 Å². The van der Waals surface area contributed by atoms with Crippen molar-refractivity contribution >= 4 is 0 Å². The van der Waals surface area contributed by atoms with Gasteiger partial charge in [-0.1, -0.05) is 55.5 Å². The third-order valence-corrected chi connectivity index (χ3v) is 4.61. The van der Waals surface area contributed by atoms with Gasteiger partial charge >= 0.3 is 0 Å². The summed E-state index contributed by atoms with van der Waals surface area (Å²) in [5.74, 6) is 0. The van der Waals surface area contributed by atoms with E-state index in [0.29, 0.717) is 6.54 Å². The van der Waals surface area contributed by atoms with Crippen LogP contribution in [-0.2, 0) is 11.8 Å². The fourth-order valence-electron chi connectivity index (χ4n) is 3.02. The van der Waals surface area contributed by atoms with Gasteiger partial charge in [-0.15, -0.1) is 0 Å². The van der Waals surface area contributed by atoms with Crippen molar-refractivity contribution < 1.29 is 0 Å². The predicted molar refractivity (Wildman–Crippen MR) is 87.1 cm³/mol. The van der Waals surface area contributed by atoms with E-state index >= 15 is 0 Å². The molecule has 0 heterocycles. The zero-order chi connectivity index (χ0) is 14.6. The molecule has 1 unspecified atom stereocenters. The van der Waals surface area contributed by atoms with Crippen LogP contribution < -0.4 is 5.73 Å². The molecule has 0 aliphatic heterocycles. The first-order valence-electron chi connectivity index (χ1n) is 7.43. The van der Waals surface area contributed by atoms with Crippen LogP contribution in [0.25, 0.3) is 0 Å². The van der Waals surface area contributed by atoms with Gasteiger partial charge in [0.15, 0.2) is 0 Å². The highest BCUT2D eigenvalue weighted by Crippen LogP contribution is 2.33. The molecule has 1 nitrogen and oxygen atoms in total. The first-order valence-corrected chi connectivity index (χ1v) is 7.43. The smallest absolute Gasteiger partial charge is 0.0113 e. The van der Waals surface area contributed by atoms with Crippen molar-refractivity contribution in [3.05, 3.63) is 70.8 Å². The third-order valence-electron chi connectivity index (χ3n) is 4.61. The van der Waals surface area contributed by atoms with E-state index in [1.54, 1.807) is 0 Å². The second-order valence-electron chi connectivity index (χ2n) is 5.75.